The van der Waals surface area contributed by atoms with Gasteiger partial charge in [0.2, 0.25) is 11.9 Å². The van der Waals surface area contributed by atoms with Gasteiger partial charge in [0.15, 0.2) is 10.9 Å². The lowest BCUT2D eigenvalue weighted by Gasteiger charge is -2.25. The average Bonchev–Trinajstić information content (AvgIpc) is 3.65. The van der Waals surface area contributed by atoms with Crippen LogP contribution in [0, 0.1) is 0 Å². The maximum absolute atomic E-state index is 13.0. The van der Waals surface area contributed by atoms with Gasteiger partial charge in [0.1, 0.15) is 11.9 Å². The number of hydrogen-bond acceptors (Lipinski definition) is 9. The lowest BCUT2D eigenvalue weighted by atomic mass is 10.0. The first-order valence-corrected chi connectivity index (χ1v) is 12.9. The molecule has 3 aliphatic rings. The Bertz CT molecular complexity index is 1170. The van der Waals surface area contributed by atoms with E-state index in [1.165, 1.54) is 37.0 Å². The van der Waals surface area contributed by atoms with E-state index >= 15 is 0 Å². The van der Waals surface area contributed by atoms with Crippen LogP contribution < -0.4 is 15.5 Å². The molecule has 2 atom stereocenters. The van der Waals surface area contributed by atoms with Gasteiger partial charge in [0, 0.05) is 41.4 Å². The molecule has 178 valence electrons. The molecule has 2 aliphatic carbocycles. The Hall–Kier alpha value is -3.05. The summed E-state index contributed by atoms with van der Waals surface area (Å²) in [5.74, 6) is 2.27. The number of H-pyrrole nitrogens is 1. The number of aliphatic hydroxyl groups excluding tert-OH is 1. The van der Waals surface area contributed by atoms with E-state index in [4.69, 9.17) is 9.97 Å². The number of aliphatic hydroxyl groups is 1. The fourth-order valence-corrected chi connectivity index (χ4v) is 5.91. The summed E-state index contributed by atoms with van der Waals surface area (Å²) in [5, 5.41) is 26.9. The number of amides is 1. The van der Waals surface area contributed by atoms with E-state index in [1.54, 1.807) is 6.20 Å². The molecule has 10 nitrogen and oxygen atoms in total. The van der Waals surface area contributed by atoms with Crippen molar-refractivity contribution in [2.24, 2.45) is 0 Å². The van der Waals surface area contributed by atoms with Gasteiger partial charge >= 0.3 is 0 Å². The first-order valence-electron chi connectivity index (χ1n) is 12.0. The second kappa shape index (κ2) is 8.95. The van der Waals surface area contributed by atoms with Crippen LogP contribution in [0.15, 0.2) is 17.6 Å². The Kier molecular flexibility index (Phi) is 5.66. The van der Waals surface area contributed by atoms with E-state index in [9.17, 15) is 9.90 Å². The van der Waals surface area contributed by atoms with Gasteiger partial charge in [-0.05, 0) is 38.5 Å². The topological polar surface area (TPSA) is 132 Å². The molecule has 0 radical (unpaired) electrons. The second-order valence-electron chi connectivity index (χ2n) is 9.28. The van der Waals surface area contributed by atoms with Gasteiger partial charge < -0.3 is 20.6 Å². The second-order valence-corrected chi connectivity index (χ2v) is 10.2. The Morgan fingerprint density at radius 2 is 2.06 bits per heavy atom. The molecule has 1 aliphatic heterocycles. The molecule has 0 aromatic carbocycles. The molecule has 3 aromatic rings. The quantitative estimate of drug-likeness (QED) is 0.420. The van der Waals surface area contributed by atoms with Gasteiger partial charge in [-0.25, -0.2) is 9.97 Å². The molecule has 0 bridgehead atoms. The highest BCUT2D eigenvalue weighted by Crippen LogP contribution is 2.38. The summed E-state index contributed by atoms with van der Waals surface area (Å²) in [7, 11) is 0. The van der Waals surface area contributed by atoms with Gasteiger partial charge in [0.25, 0.3) is 0 Å². The molecule has 2 fully saturated rings. The van der Waals surface area contributed by atoms with Gasteiger partial charge in [0.05, 0.1) is 11.8 Å². The first kappa shape index (κ1) is 21.5. The Labute approximate surface area is 201 Å². The van der Waals surface area contributed by atoms with Crippen LogP contribution in [0.3, 0.4) is 0 Å². The number of anilines is 4. The van der Waals surface area contributed by atoms with Crippen molar-refractivity contribution in [2.75, 3.05) is 22.1 Å². The summed E-state index contributed by atoms with van der Waals surface area (Å²) in [6.07, 6.45) is 8.86. The number of hydrogen-bond donors (Lipinski definition) is 4. The number of fused-ring (bicyclic) bond motifs is 1. The summed E-state index contributed by atoms with van der Waals surface area (Å²) < 4.78 is 0. The molecule has 0 unspecified atom stereocenters. The van der Waals surface area contributed by atoms with Crippen molar-refractivity contribution in [1.82, 2.24) is 25.1 Å². The van der Waals surface area contributed by atoms with Crippen molar-refractivity contribution in [1.29, 1.82) is 0 Å². The zero-order chi connectivity index (χ0) is 23.1. The van der Waals surface area contributed by atoms with Gasteiger partial charge in [-0.1, -0.05) is 12.8 Å². The maximum atomic E-state index is 13.0. The molecule has 3 aromatic heterocycles. The fraction of sp³-hybridized carbons (Fsp3) is 0.522. The van der Waals surface area contributed by atoms with E-state index < -0.39 is 6.10 Å². The predicted molar refractivity (Wildman–Crippen MR) is 130 cm³/mol. The lowest BCUT2D eigenvalue weighted by Crippen LogP contribution is -2.40. The van der Waals surface area contributed by atoms with Crippen LogP contribution in [-0.4, -0.2) is 48.7 Å². The number of aromatic amines is 1. The molecule has 1 saturated carbocycles. The highest BCUT2D eigenvalue weighted by molar-refractivity contribution is 7.13. The van der Waals surface area contributed by atoms with E-state index in [0.29, 0.717) is 54.3 Å². The number of carbonyl (C=O) groups is 1. The third-order valence-corrected chi connectivity index (χ3v) is 7.81. The van der Waals surface area contributed by atoms with Crippen LogP contribution >= 0.6 is 11.3 Å². The largest absolute Gasteiger partial charge is 0.387 e. The summed E-state index contributed by atoms with van der Waals surface area (Å²) in [4.78, 5) is 28.6. The summed E-state index contributed by atoms with van der Waals surface area (Å²) in [5.41, 5.74) is 2.72. The van der Waals surface area contributed by atoms with Crippen molar-refractivity contribution in [3.63, 3.8) is 0 Å². The molecular weight excluding hydrogens is 452 g/mol. The molecule has 6 rings (SSSR count). The minimum Gasteiger partial charge on any atom is -0.387 e. The SMILES string of the molecule is O=C(Nc1nccs1)[C@@H]1CCCN1c1nc(Nc2cc(C3CCCC3)[nH]n2)c2c(n1)[C@@H](O)CC2. The molecule has 4 N–H and O–H groups in total. The normalized spacial score (nSPS) is 22.3. The highest BCUT2D eigenvalue weighted by Gasteiger charge is 2.35. The van der Waals surface area contributed by atoms with Crippen molar-refractivity contribution in [3.05, 3.63) is 34.6 Å². The Balaban J connectivity index is 1.28. The Morgan fingerprint density at radius 3 is 2.88 bits per heavy atom. The number of aromatic nitrogens is 5. The zero-order valence-corrected chi connectivity index (χ0v) is 19.6. The minimum absolute atomic E-state index is 0.111. The molecule has 1 amide bonds. The third-order valence-electron chi connectivity index (χ3n) is 7.12. The molecule has 34 heavy (non-hydrogen) atoms. The number of thiazole rings is 1. The summed E-state index contributed by atoms with van der Waals surface area (Å²) >= 11 is 1.39. The van der Waals surface area contributed by atoms with E-state index in [0.717, 1.165) is 23.5 Å². The van der Waals surface area contributed by atoms with E-state index in [-0.39, 0.29) is 11.9 Å². The predicted octanol–water partition coefficient (Wildman–Crippen LogP) is 3.64. The van der Waals surface area contributed by atoms with Gasteiger partial charge in [-0.15, -0.1) is 11.3 Å². The molecular formula is C23H28N8O2S. The molecule has 4 heterocycles. The molecule has 11 heteroatoms. The van der Waals surface area contributed by atoms with Gasteiger partial charge in [-0.2, -0.15) is 10.1 Å². The standard InChI is InChI=1S/C23H28N8O2S/c32-17-8-7-14-19(17)26-22(31-10-3-6-16(31)21(33)28-23-24-9-11-34-23)27-20(14)25-18-12-15(29-30-18)13-4-1-2-5-13/h9,11-13,16-17,32H,1-8,10H2,(H,24,28,33)(H2,25,26,27,29,30)/t16-,17-/m0/s1. The smallest absolute Gasteiger partial charge is 0.248 e. The monoisotopic (exact) mass is 480 g/mol. The summed E-state index contributed by atoms with van der Waals surface area (Å²) in [6.45, 7) is 0.679. The van der Waals surface area contributed by atoms with Crippen molar-refractivity contribution in [2.45, 2.75) is 69.4 Å². The number of carbonyl (C=O) groups excluding carboxylic acids is 1. The highest BCUT2D eigenvalue weighted by atomic mass is 32.1. The number of nitrogens with zero attached hydrogens (tertiary/aromatic N) is 5. The average molecular weight is 481 g/mol. The minimum atomic E-state index is -0.629. The Morgan fingerprint density at radius 1 is 1.18 bits per heavy atom. The van der Waals surface area contributed by atoms with E-state index in [2.05, 4.69) is 31.9 Å². The lowest BCUT2D eigenvalue weighted by molar-refractivity contribution is -0.117. The summed E-state index contributed by atoms with van der Waals surface area (Å²) in [6, 6.07) is 1.68. The molecule has 1 saturated heterocycles. The fourth-order valence-electron chi connectivity index (χ4n) is 5.38. The van der Waals surface area contributed by atoms with Crippen LogP contribution in [0.4, 0.5) is 22.7 Å². The van der Waals surface area contributed by atoms with E-state index in [1.807, 2.05) is 10.3 Å². The maximum Gasteiger partial charge on any atom is 0.248 e. The van der Waals surface area contributed by atoms with Crippen LogP contribution in [0.1, 0.15) is 73.9 Å². The van der Waals surface area contributed by atoms with Crippen LogP contribution in [0.5, 0.6) is 0 Å². The van der Waals surface area contributed by atoms with Crippen LogP contribution in [0.25, 0.3) is 0 Å². The van der Waals surface area contributed by atoms with Gasteiger partial charge in [-0.3, -0.25) is 9.89 Å². The third kappa shape index (κ3) is 4.03. The zero-order valence-electron chi connectivity index (χ0n) is 18.8. The van der Waals surface area contributed by atoms with Crippen LogP contribution in [-0.2, 0) is 11.2 Å². The van der Waals surface area contributed by atoms with Crippen molar-refractivity contribution >= 4 is 40.0 Å². The first-order chi connectivity index (χ1) is 16.7. The van der Waals surface area contributed by atoms with Crippen LogP contribution in [0.2, 0.25) is 0 Å². The van der Waals surface area contributed by atoms with Crippen molar-refractivity contribution < 1.29 is 9.90 Å². The number of rotatable bonds is 6. The number of nitrogens with one attached hydrogen (secondary N) is 3. The molecule has 0 spiro atoms. The van der Waals surface area contributed by atoms with Crippen molar-refractivity contribution in [3.8, 4) is 0 Å².